The minimum Gasteiger partial charge on any atom is -0.332 e. The lowest BCUT2D eigenvalue weighted by atomic mass is 10.2. The summed E-state index contributed by atoms with van der Waals surface area (Å²) in [5.41, 5.74) is 3.54. The van der Waals surface area contributed by atoms with Crippen LogP contribution in [0.25, 0.3) is 16.7 Å². The number of aromatic nitrogens is 3. The highest BCUT2D eigenvalue weighted by atomic mass is 35.5. The van der Waals surface area contributed by atoms with Crippen molar-refractivity contribution in [3.63, 3.8) is 0 Å². The van der Waals surface area contributed by atoms with Gasteiger partial charge in [0.05, 0.1) is 11.3 Å². The number of carbonyl (C=O) groups excluding carboxylic acids is 1. The average Bonchev–Trinajstić information content (AvgIpc) is 3.11. The van der Waals surface area contributed by atoms with Crippen LogP contribution in [0.5, 0.6) is 0 Å². The predicted molar refractivity (Wildman–Crippen MR) is 119 cm³/mol. The molecule has 0 aliphatic rings. The second-order valence-corrected chi connectivity index (χ2v) is 7.35. The van der Waals surface area contributed by atoms with Gasteiger partial charge in [-0.05, 0) is 73.2 Å². The topological polar surface area (TPSA) is 71.8 Å². The first-order valence-electron chi connectivity index (χ1n) is 8.91. The van der Waals surface area contributed by atoms with Crippen molar-refractivity contribution in [3.8, 4) is 5.69 Å². The summed E-state index contributed by atoms with van der Waals surface area (Å²) in [5.74, 6) is -1.24. The molecule has 150 valence electrons. The molecule has 0 unspecified atom stereocenters. The van der Waals surface area contributed by atoms with Gasteiger partial charge in [0.15, 0.2) is 5.11 Å². The molecule has 1 aromatic heterocycles. The zero-order valence-corrected chi connectivity index (χ0v) is 17.3. The van der Waals surface area contributed by atoms with Gasteiger partial charge in [0, 0.05) is 10.7 Å². The maximum absolute atomic E-state index is 13.8. The number of carbonyl (C=O) groups is 1. The van der Waals surface area contributed by atoms with E-state index in [-0.39, 0.29) is 10.7 Å². The Hall–Kier alpha value is -3.36. The summed E-state index contributed by atoms with van der Waals surface area (Å²) < 4.78 is 13.8. The van der Waals surface area contributed by atoms with Crippen molar-refractivity contribution in [2.75, 3.05) is 5.32 Å². The van der Waals surface area contributed by atoms with Crippen molar-refractivity contribution >= 4 is 51.6 Å². The van der Waals surface area contributed by atoms with Crippen LogP contribution in [0, 0.1) is 12.7 Å². The Labute approximate surface area is 181 Å². The molecule has 0 aliphatic heterocycles. The maximum Gasteiger partial charge on any atom is 0.260 e. The molecule has 2 N–H and O–H groups in total. The van der Waals surface area contributed by atoms with Gasteiger partial charge in [-0.15, -0.1) is 10.2 Å². The zero-order chi connectivity index (χ0) is 21.3. The fraction of sp³-hybridized carbons (Fsp3) is 0.0476. The van der Waals surface area contributed by atoms with Crippen LogP contribution in [0.1, 0.15) is 15.9 Å². The Morgan fingerprint density at radius 3 is 2.43 bits per heavy atom. The van der Waals surface area contributed by atoms with E-state index in [1.54, 1.807) is 24.3 Å². The molecule has 0 radical (unpaired) electrons. The van der Waals surface area contributed by atoms with Crippen molar-refractivity contribution < 1.29 is 9.18 Å². The fourth-order valence-electron chi connectivity index (χ4n) is 2.86. The van der Waals surface area contributed by atoms with E-state index in [1.165, 1.54) is 23.0 Å². The Morgan fingerprint density at radius 1 is 1.07 bits per heavy atom. The summed E-state index contributed by atoms with van der Waals surface area (Å²) in [4.78, 5) is 13.8. The van der Waals surface area contributed by atoms with Gasteiger partial charge in [0.1, 0.15) is 16.9 Å². The molecular weight excluding hydrogens is 425 g/mol. The number of hydrogen-bond acceptors (Lipinski definition) is 4. The van der Waals surface area contributed by atoms with Gasteiger partial charge >= 0.3 is 0 Å². The van der Waals surface area contributed by atoms with Crippen molar-refractivity contribution in [2.24, 2.45) is 0 Å². The third kappa shape index (κ3) is 4.14. The second-order valence-electron chi connectivity index (χ2n) is 6.51. The normalized spacial score (nSPS) is 10.8. The number of benzene rings is 3. The maximum atomic E-state index is 13.8. The van der Waals surface area contributed by atoms with Crippen molar-refractivity contribution in [1.29, 1.82) is 0 Å². The van der Waals surface area contributed by atoms with Gasteiger partial charge in [-0.2, -0.15) is 4.80 Å². The first-order valence-corrected chi connectivity index (χ1v) is 9.70. The lowest BCUT2D eigenvalue weighted by Crippen LogP contribution is -2.34. The molecule has 0 fully saturated rings. The van der Waals surface area contributed by atoms with Crippen LogP contribution in [-0.2, 0) is 0 Å². The van der Waals surface area contributed by atoms with Crippen LogP contribution < -0.4 is 10.6 Å². The van der Waals surface area contributed by atoms with E-state index >= 15 is 0 Å². The molecule has 0 saturated carbocycles. The molecule has 1 amide bonds. The predicted octanol–water partition coefficient (Wildman–Crippen LogP) is 4.65. The van der Waals surface area contributed by atoms with E-state index in [0.29, 0.717) is 21.7 Å². The molecule has 30 heavy (non-hydrogen) atoms. The number of nitrogens with one attached hydrogen (secondary N) is 2. The van der Waals surface area contributed by atoms with Gasteiger partial charge in [-0.25, -0.2) is 4.39 Å². The molecule has 4 rings (SSSR count). The highest BCUT2D eigenvalue weighted by Gasteiger charge is 2.14. The van der Waals surface area contributed by atoms with Crippen LogP contribution in [0.4, 0.5) is 10.1 Å². The smallest absolute Gasteiger partial charge is 0.260 e. The summed E-state index contributed by atoms with van der Waals surface area (Å²) in [5, 5.41) is 15.1. The van der Waals surface area contributed by atoms with E-state index in [1.807, 2.05) is 25.1 Å². The third-order valence-corrected chi connectivity index (χ3v) is 4.83. The van der Waals surface area contributed by atoms with Gasteiger partial charge in [-0.1, -0.05) is 23.7 Å². The number of aryl methyl sites for hydroxylation is 1. The van der Waals surface area contributed by atoms with Crippen LogP contribution in [0.2, 0.25) is 5.02 Å². The van der Waals surface area contributed by atoms with Gasteiger partial charge in [0.2, 0.25) is 0 Å². The first-order chi connectivity index (χ1) is 14.4. The number of hydrogen-bond donors (Lipinski definition) is 2. The largest absolute Gasteiger partial charge is 0.332 e. The standard InChI is InChI=1S/C21H15ClFN5OS/c1-12-10-18-19(27-28(26-18)14-8-6-13(22)7-9-14)11-17(12)24-21(30)25-20(29)15-4-2-3-5-16(15)23/h2-11H,1H3,(H2,24,25,29,30). The molecule has 9 heteroatoms. The second kappa shape index (κ2) is 8.17. The van der Waals surface area contributed by atoms with Crippen LogP contribution in [0.3, 0.4) is 0 Å². The highest BCUT2D eigenvalue weighted by Crippen LogP contribution is 2.22. The van der Waals surface area contributed by atoms with Gasteiger partial charge < -0.3 is 5.32 Å². The monoisotopic (exact) mass is 439 g/mol. The number of nitrogens with zero attached hydrogens (tertiary/aromatic N) is 3. The molecule has 3 aromatic carbocycles. The minimum atomic E-state index is -0.627. The minimum absolute atomic E-state index is 0.0517. The number of rotatable bonds is 3. The number of halogens is 2. The number of fused-ring (bicyclic) bond motifs is 1. The van der Waals surface area contributed by atoms with E-state index < -0.39 is 11.7 Å². The van der Waals surface area contributed by atoms with Crippen LogP contribution in [0.15, 0.2) is 60.7 Å². The molecule has 0 atom stereocenters. The third-order valence-electron chi connectivity index (χ3n) is 4.38. The van der Waals surface area contributed by atoms with Crippen LogP contribution in [-0.4, -0.2) is 26.0 Å². The Balaban J connectivity index is 1.54. The molecule has 0 bridgehead atoms. The van der Waals surface area contributed by atoms with Crippen LogP contribution >= 0.6 is 23.8 Å². The Kier molecular flexibility index (Phi) is 5.43. The molecule has 1 heterocycles. The number of anilines is 1. The molecule has 0 spiro atoms. The summed E-state index contributed by atoms with van der Waals surface area (Å²) >= 11 is 11.1. The molecule has 0 aliphatic carbocycles. The SMILES string of the molecule is Cc1cc2nn(-c3ccc(Cl)cc3)nc2cc1NC(=S)NC(=O)c1ccccc1F. The lowest BCUT2D eigenvalue weighted by Gasteiger charge is -2.12. The van der Waals surface area contributed by atoms with E-state index in [2.05, 4.69) is 20.8 Å². The zero-order valence-electron chi connectivity index (χ0n) is 15.7. The van der Waals surface area contributed by atoms with Crippen molar-refractivity contribution in [1.82, 2.24) is 20.3 Å². The number of amides is 1. The first kappa shape index (κ1) is 19.9. The molecule has 6 nitrogen and oxygen atoms in total. The average molecular weight is 440 g/mol. The van der Waals surface area contributed by atoms with Gasteiger partial charge in [0.25, 0.3) is 5.91 Å². The fourth-order valence-corrected chi connectivity index (χ4v) is 3.19. The summed E-state index contributed by atoms with van der Waals surface area (Å²) in [6.45, 7) is 1.88. The lowest BCUT2D eigenvalue weighted by molar-refractivity contribution is 0.0974. The van der Waals surface area contributed by atoms with Crippen molar-refractivity contribution in [2.45, 2.75) is 6.92 Å². The van der Waals surface area contributed by atoms with E-state index in [9.17, 15) is 9.18 Å². The molecule has 0 saturated heterocycles. The quantitative estimate of drug-likeness (QED) is 0.455. The van der Waals surface area contributed by atoms with E-state index in [4.69, 9.17) is 23.8 Å². The molecular formula is C21H15ClFN5OS. The van der Waals surface area contributed by atoms with Crippen molar-refractivity contribution in [3.05, 3.63) is 82.6 Å². The summed E-state index contributed by atoms with van der Waals surface area (Å²) in [7, 11) is 0. The number of thiocarbonyl (C=S) groups is 1. The highest BCUT2D eigenvalue weighted by molar-refractivity contribution is 7.80. The van der Waals surface area contributed by atoms with E-state index in [0.717, 1.165) is 11.3 Å². The summed E-state index contributed by atoms with van der Waals surface area (Å²) in [6, 6.07) is 16.5. The summed E-state index contributed by atoms with van der Waals surface area (Å²) in [6.07, 6.45) is 0. The molecule has 4 aromatic rings. The Morgan fingerprint density at radius 2 is 1.73 bits per heavy atom. The van der Waals surface area contributed by atoms with Gasteiger partial charge in [-0.3, -0.25) is 10.1 Å². The Bertz CT molecular complexity index is 1270.